The largest absolute Gasteiger partial charge is 0.123 e. The quantitative estimate of drug-likeness (QED) is 0.261. The van der Waals surface area contributed by atoms with Crippen LogP contribution in [-0.4, -0.2) is 5.38 Å². The fraction of sp³-hybridized carbons (Fsp3) is 0.630. The standard InChI is InChI=1S/C27H37Cl/c1-3-25(4-2)26-17-13-23(14-18-26)11-9-21-5-7-22(8-6-21)10-12-24-15-19-27(28)20-16-24/h3,5-8,23-27H,1,4,9,11,13-20H2,2H3/t23-,24-,25?,26-,27-. The summed E-state index contributed by atoms with van der Waals surface area (Å²) in [5.74, 6) is 9.93. The molecule has 3 rings (SSSR count). The Kier molecular flexibility index (Phi) is 8.54. The van der Waals surface area contributed by atoms with Crippen LogP contribution < -0.4 is 0 Å². The maximum atomic E-state index is 6.18. The number of rotatable bonds is 6. The van der Waals surface area contributed by atoms with Gasteiger partial charge in [0.1, 0.15) is 0 Å². The fourth-order valence-electron chi connectivity index (χ4n) is 5.11. The van der Waals surface area contributed by atoms with Gasteiger partial charge >= 0.3 is 0 Å². The monoisotopic (exact) mass is 396 g/mol. The van der Waals surface area contributed by atoms with E-state index >= 15 is 0 Å². The van der Waals surface area contributed by atoms with Crippen LogP contribution in [-0.2, 0) is 6.42 Å². The second-order valence-corrected chi connectivity index (χ2v) is 9.66. The van der Waals surface area contributed by atoms with Gasteiger partial charge in [-0.1, -0.05) is 49.8 Å². The van der Waals surface area contributed by atoms with Gasteiger partial charge in [-0.3, -0.25) is 0 Å². The summed E-state index contributed by atoms with van der Waals surface area (Å²) < 4.78 is 0. The Morgan fingerprint density at radius 1 is 1.04 bits per heavy atom. The lowest BCUT2D eigenvalue weighted by atomic mass is 9.73. The van der Waals surface area contributed by atoms with Crippen LogP contribution in [0.2, 0.25) is 0 Å². The molecule has 0 amide bonds. The molecule has 1 aromatic carbocycles. The van der Waals surface area contributed by atoms with Crippen molar-refractivity contribution in [1.82, 2.24) is 0 Å². The zero-order valence-corrected chi connectivity index (χ0v) is 18.4. The molecule has 1 unspecified atom stereocenters. The van der Waals surface area contributed by atoms with Crippen LogP contribution >= 0.6 is 11.6 Å². The van der Waals surface area contributed by atoms with Gasteiger partial charge in [-0.15, -0.1) is 18.2 Å². The molecule has 2 aliphatic carbocycles. The molecule has 152 valence electrons. The predicted molar refractivity (Wildman–Crippen MR) is 123 cm³/mol. The summed E-state index contributed by atoms with van der Waals surface area (Å²) in [7, 11) is 0. The molecule has 1 heteroatoms. The lowest BCUT2D eigenvalue weighted by Crippen LogP contribution is -2.20. The first-order valence-corrected chi connectivity index (χ1v) is 12.0. The van der Waals surface area contributed by atoms with E-state index in [-0.39, 0.29) is 0 Å². The molecular weight excluding hydrogens is 360 g/mol. The molecule has 0 radical (unpaired) electrons. The third-order valence-electron chi connectivity index (χ3n) is 7.14. The lowest BCUT2D eigenvalue weighted by molar-refractivity contribution is 0.219. The Bertz CT molecular complexity index is 646. The van der Waals surface area contributed by atoms with Crippen LogP contribution in [0.5, 0.6) is 0 Å². The number of halogens is 1. The summed E-state index contributed by atoms with van der Waals surface area (Å²) in [5.41, 5.74) is 2.63. The van der Waals surface area contributed by atoms with E-state index in [1.807, 2.05) is 0 Å². The first kappa shape index (κ1) is 21.5. The SMILES string of the molecule is C=CC(CC)[C@H]1CC[C@H](CCc2ccc(C#C[C@H]3CC[C@H](Cl)CC3)cc2)CC1. The molecule has 0 heterocycles. The molecule has 0 saturated heterocycles. The van der Waals surface area contributed by atoms with E-state index in [0.29, 0.717) is 11.3 Å². The van der Waals surface area contributed by atoms with Crippen molar-refractivity contribution in [3.8, 4) is 11.8 Å². The van der Waals surface area contributed by atoms with Gasteiger partial charge in [0.05, 0.1) is 0 Å². The molecule has 0 nitrogen and oxygen atoms in total. The first-order valence-electron chi connectivity index (χ1n) is 11.5. The van der Waals surface area contributed by atoms with Gasteiger partial charge in [-0.05, 0) is 93.2 Å². The Morgan fingerprint density at radius 2 is 1.71 bits per heavy atom. The molecular formula is C27H37Cl. The number of benzene rings is 1. The normalized spacial score (nSPS) is 28.8. The zero-order valence-electron chi connectivity index (χ0n) is 17.6. The number of allylic oxidation sites excluding steroid dienone is 1. The lowest BCUT2D eigenvalue weighted by Gasteiger charge is -2.32. The van der Waals surface area contributed by atoms with E-state index in [0.717, 1.165) is 49.0 Å². The van der Waals surface area contributed by atoms with E-state index in [4.69, 9.17) is 11.6 Å². The average molecular weight is 397 g/mol. The summed E-state index contributed by atoms with van der Waals surface area (Å²) >= 11 is 6.18. The van der Waals surface area contributed by atoms with Gasteiger partial charge < -0.3 is 0 Å². The topological polar surface area (TPSA) is 0 Å². The van der Waals surface area contributed by atoms with Crippen LogP contribution in [0.3, 0.4) is 0 Å². The van der Waals surface area contributed by atoms with Gasteiger partial charge in [0.25, 0.3) is 0 Å². The van der Waals surface area contributed by atoms with Crippen LogP contribution in [0, 0.1) is 35.5 Å². The molecule has 28 heavy (non-hydrogen) atoms. The van der Waals surface area contributed by atoms with Crippen molar-refractivity contribution in [3.63, 3.8) is 0 Å². The Hall–Kier alpha value is -1.19. The van der Waals surface area contributed by atoms with Crippen molar-refractivity contribution in [3.05, 3.63) is 48.0 Å². The highest BCUT2D eigenvalue weighted by Crippen LogP contribution is 2.37. The molecule has 1 aromatic rings. The summed E-state index contributed by atoms with van der Waals surface area (Å²) in [4.78, 5) is 0. The summed E-state index contributed by atoms with van der Waals surface area (Å²) in [5, 5.41) is 0.377. The van der Waals surface area contributed by atoms with Gasteiger partial charge in [0.2, 0.25) is 0 Å². The highest BCUT2D eigenvalue weighted by Gasteiger charge is 2.25. The molecule has 0 aromatic heterocycles. The molecule has 0 N–H and O–H groups in total. The van der Waals surface area contributed by atoms with E-state index in [9.17, 15) is 0 Å². The van der Waals surface area contributed by atoms with Gasteiger partial charge in [0.15, 0.2) is 0 Å². The maximum Gasteiger partial charge on any atom is 0.0337 e. The van der Waals surface area contributed by atoms with E-state index < -0.39 is 0 Å². The van der Waals surface area contributed by atoms with Crippen molar-refractivity contribution in [1.29, 1.82) is 0 Å². The van der Waals surface area contributed by atoms with Gasteiger partial charge in [0, 0.05) is 16.9 Å². The number of aryl methyl sites for hydroxylation is 1. The van der Waals surface area contributed by atoms with Crippen molar-refractivity contribution in [2.45, 2.75) is 82.9 Å². The molecule has 2 aliphatic rings. The number of hydrogen-bond acceptors (Lipinski definition) is 0. The van der Waals surface area contributed by atoms with Gasteiger partial charge in [-0.2, -0.15) is 0 Å². The zero-order chi connectivity index (χ0) is 19.8. The Labute approximate surface area is 178 Å². The van der Waals surface area contributed by atoms with E-state index in [1.165, 1.54) is 50.5 Å². The third-order valence-corrected chi connectivity index (χ3v) is 7.58. The van der Waals surface area contributed by atoms with Crippen LogP contribution in [0.25, 0.3) is 0 Å². The van der Waals surface area contributed by atoms with Crippen molar-refractivity contribution >= 4 is 11.6 Å². The first-order chi connectivity index (χ1) is 13.7. The van der Waals surface area contributed by atoms with Crippen molar-refractivity contribution < 1.29 is 0 Å². The fourth-order valence-corrected chi connectivity index (χ4v) is 5.36. The van der Waals surface area contributed by atoms with Crippen molar-refractivity contribution in [2.24, 2.45) is 23.7 Å². The maximum absolute atomic E-state index is 6.18. The Balaban J connectivity index is 1.41. The number of alkyl halides is 1. The Morgan fingerprint density at radius 3 is 2.32 bits per heavy atom. The van der Waals surface area contributed by atoms with Gasteiger partial charge in [-0.25, -0.2) is 0 Å². The minimum atomic E-state index is 0.377. The molecule has 0 aliphatic heterocycles. The minimum absolute atomic E-state index is 0.377. The second kappa shape index (κ2) is 11.1. The van der Waals surface area contributed by atoms with Crippen LogP contribution in [0.15, 0.2) is 36.9 Å². The molecule has 2 fully saturated rings. The molecule has 0 bridgehead atoms. The highest BCUT2D eigenvalue weighted by atomic mass is 35.5. The minimum Gasteiger partial charge on any atom is -0.123 e. The predicted octanol–water partition coefficient (Wildman–Crippen LogP) is 7.79. The second-order valence-electron chi connectivity index (χ2n) is 9.04. The van der Waals surface area contributed by atoms with Crippen molar-refractivity contribution in [2.75, 3.05) is 0 Å². The van der Waals surface area contributed by atoms with Crippen LogP contribution in [0.4, 0.5) is 0 Å². The average Bonchev–Trinajstić information content (AvgIpc) is 2.74. The van der Waals surface area contributed by atoms with E-state index in [1.54, 1.807) is 0 Å². The molecule has 1 atom stereocenters. The smallest absolute Gasteiger partial charge is 0.0337 e. The summed E-state index contributed by atoms with van der Waals surface area (Å²) in [6.07, 6.45) is 16.2. The number of hydrogen-bond donors (Lipinski definition) is 0. The van der Waals surface area contributed by atoms with Crippen LogP contribution in [0.1, 0.15) is 82.3 Å². The third kappa shape index (κ3) is 6.42. The van der Waals surface area contributed by atoms with E-state index in [2.05, 4.69) is 55.7 Å². The molecule has 2 saturated carbocycles. The molecule has 0 spiro atoms. The highest BCUT2D eigenvalue weighted by molar-refractivity contribution is 6.20. The summed E-state index contributed by atoms with van der Waals surface area (Å²) in [6.45, 7) is 6.34. The summed E-state index contributed by atoms with van der Waals surface area (Å²) in [6, 6.07) is 9.00.